The summed E-state index contributed by atoms with van der Waals surface area (Å²) in [4.78, 5) is 3.10. The van der Waals surface area contributed by atoms with Gasteiger partial charge in [0.2, 0.25) is 0 Å². The highest BCUT2D eigenvalue weighted by Crippen LogP contribution is 2.27. The predicted molar refractivity (Wildman–Crippen MR) is 85.6 cm³/mol. The van der Waals surface area contributed by atoms with Gasteiger partial charge in [0.25, 0.3) is 0 Å². The average molecular weight is 362 g/mol. The maximum Gasteiger partial charge on any atom is 0.182 e. The van der Waals surface area contributed by atoms with Crippen molar-refractivity contribution in [2.24, 2.45) is 0 Å². The summed E-state index contributed by atoms with van der Waals surface area (Å²) in [7, 11) is 0. The summed E-state index contributed by atoms with van der Waals surface area (Å²) >= 11 is 8.56. The summed E-state index contributed by atoms with van der Waals surface area (Å²) in [5.41, 5.74) is 3.70. The molecular weight excluding hydrogens is 353 g/mol. The van der Waals surface area contributed by atoms with E-state index in [9.17, 15) is 4.39 Å². The highest BCUT2D eigenvalue weighted by atomic mass is 79.9. The first-order valence-electron chi connectivity index (χ1n) is 6.12. The lowest BCUT2D eigenvalue weighted by molar-refractivity contribution is 0.619. The molecule has 0 saturated heterocycles. The zero-order valence-electron chi connectivity index (χ0n) is 10.9. The molecule has 3 nitrogen and oxygen atoms in total. The molecule has 1 aromatic heterocycles. The van der Waals surface area contributed by atoms with Gasteiger partial charge >= 0.3 is 0 Å². The molecule has 0 saturated carbocycles. The molecule has 6 heteroatoms. The quantitative estimate of drug-likeness (QED) is 0.634. The van der Waals surface area contributed by atoms with Crippen LogP contribution in [-0.2, 0) is 0 Å². The Morgan fingerprint density at radius 1 is 1.33 bits per heavy atom. The van der Waals surface area contributed by atoms with Crippen LogP contribution in [0.1, 0.15) is 11.1 Å². The largest absolute Gasteiger partial charge is 0.330 e. The molecule has 0 radical (unpaired) electrons. The minimum Gasteiger partial charge on any atom is -0.330 e. The van der Waals surface area contributed by atoms with Gasteiger partial charge in [0, 0.05) is 0 Å². The van der Waals surface area contributed by atoms with Crippen molar-refractivity contribution in [1.29, 1.82) is 5.26 Å². The molecule has 1 N–H and O–H groups in total. The molecule has 3 aromatic rings. The monoisotopic (exact) mass is 361 g/mol. The minimum absolute atomic E-state index is 0.319. The Kier molecular flexibility index (Phi) is 3.40. The number of imidazole rings is 1. The van der Waals surface area contributed by atoms with Crippen molar-refractivity contribution >= 4 is 39.2 Å². The first-order valence-corrected chi connectivity index (χ1v) is 7.32. The van der Waals surface area contributed by atoms with Gasteiger partial charge in [0.1, 0.15) is 5.82 Å². The van der Waals surface area contributed by atoms with E-state index >= 15 is 0 Å². The smallest absolute Gasteiger partial charge is 0.182 e. The van der Waals surface area contributed by atoms with E-state index in [0.717, 1.165) is 22.3 Å². The van der Waals surface area contributed by atoms with Gasteiger partial charge in [-0.15, -0.1) is 0 Å². The maximum absolute atomic E-state index is 13.6. The normalized spacial score (nSPS) is 10.8. The Labute approximate surface area is 133 Å². The Morgan fingerprint density at radius 2 is 2.10 bits per heavy atom. The van der Waals surface area contributed by atoms with Crippen LogP contribution in [0, 0.1) is 28.8 Å². The van der Waals surface area contributed by atoms with Crippen LogP contribution in [-0.4, -0.2) is 9.55 Å². The Bertz CT molecular complexity index is 965. The van der Waals surface area contributed by atoms with Crippen molar-refractivity contribution in [3.8, 4) is 11.8 Å². The van der Waals surface area contributed by atoms with Crippen LogP contribution in [0.2, 0.25) is 0 Å². The number of benzene rings is 2. The summed E-state index contributed by atoms with van der Waals surface area (Å²) in [5, 5.41) is 9.05. The number of hydrogen-bond donors (Lipinski definition) is 1. The molecule has 2 aromatic carbocycles. The molecule has 0 atom stereocenters. The van der Waals surface area contributed by atoms with Gasteiger partial charge in [-0.1, -0.05) is 0 Å². The molecular formula is C15H9BrFN3S. The lowest BCUT2D eigenvalue weighted by Crippen LogP contribution is -1.98. The molecule has 0 spiro atoms. The summed E-state index contributed by atoms with van der Waals surface area (Å²) < 4.78 is 16.3. The molecule has 3 rings (SSSR count). The topological polar surface area (TPSA) is 44.5 Å². The van der Waals surface area contributed by atoms with Gasteiger partial charge in [0.15, 0.2) is 4.77 Å². The fraction of sp³-hybridized carbons (Fsp3) is 0.0667. The van der Waals surface area contributed by atoms with Gasteiger partial charge in [-0.25, -0.2) is 4.39 Å². The zero-order valence-corrected chi connectivity index (χ0v) is 13.3. The second kappa shape index (κ2) is 5.10. The van der Waals surface area contributed by atoms with Gasteiger partial charge in [-0.2, -0.15) is 5.26 Å². The molecule has 0 unspecified atom stereocenters. The molecule has 104 valence electrons. The van der Waals surface area contributed by atoms with Crippen molar-refractivity contribution in [2.45, 2.75) is 6.92 Å². The van der Waals surface area contributed by atoms with Crippen molar-refractivity contribution in [1.82, 2.24) is 9.55 Å². The number of aromatic nitrogens is 2. The zero-order chi connectivity index (χ0) is 15.1. The van der Waals surface area contributed by atoms with E-state index in [2.05, 4.69) is 27.0 Å². The maximum atomic E-state index is 13.6. The summed E-state index contributed by atoms with van der Waals surface area (Å²) in [5.74, 6) is -0.319. The van der Waals surface area contributed by atoms with E-state index in [4.69, 9.17) is 17.5 Å². The average Bonchev–Trinajstić information content (AvgIpc) is 2.78. The Hall–Kier alpha value is -1.97. The number of hydrogen-bond acceptors (Lipinski definition) is 2. The number of rotatable bonds is 1. The van der Waals surface area contributed by atoms with E-state index in [1.165, 1.54) is 6.07 Å². The fourth-order valence-corrected chi connectivity index (χ4v) is 2.93. The van der Waals surface area contributed by atoms with Crippen LogP contribution in [0.5, 0.6) is 0 Å². The van der Waals surface area contributed by atoms with Crippen molar-refractivity contribution in [3.63, 3.8) is 0 Å². The number of nitrogens with one attached hydrogen (secondary N) is 1. The number of aryl methyl sites for hydroxylation is 1. The highest BCUT2D eigenvalue weighted by Gasteiger charge is 2.12. The van der Waals surface area contributed by atoms with Crippen molar-refractivity contribution in [2.75, 3.05) is 0 Å². The first-order chi connectivity index (χ1) is 10.0. The van der Waals surface area contributed by atoms with Gasteiger partial charge < -0.3 is 4.98 Å². The van der Waals surface area contributed by atoms with E-state index in [0.29, 0.717) is 14.8 Å². The summed E-state index contributed by atoms with van der Waals surface area (Å²) in [6, 6.07) is 10.6. The fourth-order valence-electron chi connectivity index (χ4n) is 2.29. The SMILES string of the molecule is Cc1cc(F)c(Br)cc1-n1c(=S)[nH]c2ccc(C#N)cc21. The van der Waals surface area contributed by atoms with Crippen LogP contribution in [0.3, 0.4) is 0 Å². The summed E-state index contributed by atoms with van der Waals surface area (Å²) in [6.45, 7) is 1.82. The van der Waals surface area contributed by atoms with Gasteiger partial charge in [-0.3, -0.25) is 4.57 Å². The number of nitriles is 1. The molecule has 0 aliphatic carbocycles. The van der Waals surface area contributed by atoms with E-state index in [1.54, 1.807) is 18.2 Å². The number of nitrogens with zero attached hydrogens (tertiary/aromatic N) is 2. The standard InChI is InChI=1S/C15H9BrFN3S/c1-8-4-11(17)10(16)6-13(8)20-14-5-9(7-18)2-3-12(14)19-15(20)21/h2-6H,1H3,(H,19,21). The molecule has 0 aliphatic rings. The number of halogens is 2. The van der Waals surface area contributed by atoms with Crippen LogP contribution < -0.4 is 0 Å². The molecule has 1 heterocycles. The lowest BCUT2D eigenvalue weighted by Gasteiger charge is -2.10. The van der Waals surface area contributed by atoms with Crippen LogP contribution in [0.4, 0.5) is 4.39 Å². The first kappa shape index (κ1) is 14.0. The van der Waals surface area contributed by atoms with Crippen LogP contribution in [0.15, 0.2) is 34.8 Å². The molecule has 21 heavy (non-hydrogen) atoms. The Morgan fingerprint density at radius 3 is 2.81 bits per heavy atom. The highest BCUT2D eigenvalue weighted by molar-refractivity contribution is 9.10. The number of aromatic amines is 1. The second-order valence-electron chi connectivity index (χ2n) is 4.66. The summed E-state index contributed by atoms with van der Waals surface area (Å²) in [6.07, 6.45) is 0. The third kappa shape index (κ3) is 2.28. The van der Waals surface area contributed by atoms with Crippen molar-refractivity contribution in [3.05, 3.63) is 56.5 Å². The molecule has 0 amide bonds. The van der Waals surface area contributed by atoms with E-state index in [-0.39, 0.29) is 5.82 Å². The number of fused-ring (bicyclic) bond motifs is 1. The third-order valence-corrected chi connectivity index (χ3v) is 4.18. The van der Waals surface area contributed by atoms with Gasteiger partial charge in [0.05, 0.1) is 32.8 Å². The predicted octanol–water partition coefficient (Wildman–Crippen LogP) is 4.77. The van der Waals surface area contributed by atoms with E-state index < -0.39 is 0 Å². The van der Waals surface area contributed by atoms with Crippen LogP contribution in [0.25, 0.3) is 16.7 Å². The van der Waals surface area contributed by atoms with Crippen molar-refractivity contribution < 1.29 is 4.39 Å². The van der Waals surface area contributed by atoms with E-state index in [1.807, 2.05) is 17.6 Å². The Balaban J connectivity index is 2.40. The molecule has 0 bridgehead atoms. The minimum atomic E-state index is -0.319. The van der Waals surface area contributed by atoms with Crippen LogP contribution >= 0.6 is 28.1 Å². The third-order valence-electron chi connectivity index (χ3n) is 3.29. The molecule has 0 aliphatic heterocycles. The lowest BCUT2D eigenvalue weighted by atomic mass is 10.1. The van der Waals surface area contributed by atoms with Gasteiger partial charge in [-0.05, 0) is 71.0 Å². The second-order valence-corrected chi connectivity index (χ2v) is 5.90. The molecule has 0 fully saturated rings. The number of H-pyrrole nitrogens is 1.